The van der Waals surface area contributed by atoms with Crippen LogP contribution in [0, 0.1) is 5.82 Å². The number of hydrogen-bond acceptors (Lipinski definition) is 2. The number of hydrogen-bond donors (Lipinski definition) is 2. The maximum absolute atomic E-state index is 13.4. The number of halogens is 2. The van der Waals surface area contributed by atoms with Crippen LogP contribution in [0.2, 0.25) is 5.02 Å². The Bertz CT molecular complexity index is 616. The van der Waals surface area contributed by atoms with Gasteiger partial charge in [-0.1, -0.05) is 41.9 Å². The first-order valence-corrected chi connectivity index (χ1v) is 6.87. The number of rotatable bonds is 5. The van der Waals surface area contributed by atoms with Gasteiger partial charge in [0.25, 0.3) is 0 Å². The Morgan fingerprint density at radius 1 is 1.19 bits per heavy atom. The molecule has 2 rings (SSSR count). The maximum Gasteiger partial charge on any atom is 0.223 e. The predicted octanol–water partition coefficient (Wildman–Crippen LogP) is 3.22. The van der Waals surface area contributed by atoms with E-state index in [1.807, 2.05) is 0 Å². The number of carbonyl (C=O) groups is 1. The topological polar surface area (TPSA) is 49.3 Å². The van der Waals surface area contributed by atoms with Gasteiger partial charge in [-0.05, 0) is 23.8 Å². The van der Waals surface area contributed by atoms with Crippen LogP contribution in [-0.2, 0) is 11.3 Å². The molecule has 0 bridgehead atoms. The Labute approximate surface area is 127 Å². The highest BCUT2D eigenvalue weighted by atomic mass is 35.5. The van der Waals surface area contributed by atoms with Crippen LogP contribution < -0.4 is 5.32 Å². The fourth-order valence-corrected chi connectivity index (χ4v) is 2.01. The van der Waals surface area contributed by atoms with Gasteiger partial charge in [0.2, 0.25) is 5.91 Å². The highest BCUT2D eigenvalue weighted by Gasteiger charge is 2.13. The van der Waals surface area contributed by atoms with E-state index >= 15 is 0 Å². The molecule has 21 heavy (non-hydrogen) atoms. The van der Waals surface area contributed by atoms with Crippen LogP contribution in [0.15, 0.2) is 48.5 Å². The van der Waals surface area contributed by atoms with Crippen LogP contribution in [0.4, 0.5) is 4.39 Å². The van der Waals surface area contributed by atoms with E-state index in [1.54, 1.807) is 42.5 Å². The zero-order chi connectivity index (χ0) is 15.2. The van der Waals surface area contributed by atoms with Gasteiger partial charge in [-0.2, -0.15) is 0 Å². The summed E-state index contributed by atoms with van der Waals surface area (Å²) < 4.78 is 13.4. The van der Waals surface area contributed by atoms with Crippen molar-refractivity contribution in [3.63, 3.8) is 0 Å². The zero-order valence-corrected chi connectivity index (χ0v) is 12.0. The number of nitrogens with one attached hydrogen (secondary N) is 1. The van der Waals surface area contributed by atoms with Gasteiger partial charge in [-0.25, -0.2) is 4.39 Å². The van der Waals surface area contributed by atoms with Crippen LogP contribution in [-0.4, -0.2) is 11.0 Å². The second kappa shape index (κ2) is 7.20. The van der Waals surface area contributed by atoms with Gasteiger partial charge in [0.15, 0.2) is 0 Å². The van der Waals surface area contributed by atoms with E-state index in [9.17, 15) is 14.3 Å². The first-order valence-electron chi connectivity index (χ1n) is 6.50. The summed E-state index contributed by atoms with van der Waals surface area (Å²) in [7, 11) is 0. The SMILES string of the molecule is O=C(CC(O)c1ccc(Cl)cc1)NCc1ccccc1F. The van der Waals surface area contributed by atoms with Gasteiger partial charge >= 0.3 is 0 Å². The smallest absolute Gasteiger partial charge is 0.223 e. The molecule has 0 aliphatic rings. The molecule has 0 fully saturated rings. The lowest BCUT2D eigenvalue weighted by Crippen LogP contribution is -2.25. The van der Waals surface area contributed by atoms with Gasteiger partial charge in [0.1, 0.15) is 5.82 Å². The molecule has 1 atom stereocenters. The lowest BCUT2D eigenvalue weighted by atomic mass is 10.1. The summed E-state index contributed by atoms with van der Waals surface area (Å²) in [6, 6.07) is 12.9. The number of amides is 1. The van der Waals surface area contributed by atoms with Crippen molar-refractivity contribution in [2.45, 2.75) is 19.1 Å². The van der Waals surface area contributed by atoms with Gasteiger partial charge in [-0.15, -0.1) is 0 Å². The fourth-order valence-electron chi connectivity index (χ4n) is 1.89. The molecular formula is C16H15ClFNO2. The van der Waals surface area contributed by atoms with Crippen molar-refractivity contribution in [2.75, 3.05) is 0 Å². The van der Waals surface area contributed by atoms with Crippen LogP contribution in [0.3, 0.4) is 0 Å². The minimum absolute atomic E-state index is 0.0872. The summed E-state index contributed by atoms with van der Waals surface area (Å²) in [6.45, 7) is 0.0961. The molecule has 5 heteroatoms. The lowest BCUT2D eigenvalue weighted by Gasteiger charge is -2.11. The summed E-state index contributed by atoms with van der Waals surface area (Å²) >= 11 is 5.76. The fraction of sp³-hybridized carbons (Fsp3) is 0.188. The average molecular weight is 308 g/mol. The molecule has 2 N–H and O–H groups in total. The Balaban J connectivity index is 1.87. The molecule has 3 nitrogen and oxygen atoms in total. The normalized spacial score (nSPS) is 12.0. The summed E-state index contributed by atoms with van der Waals surface area (Å²) in [6.07, 6.45) is -1.00. The standard InChI is InChI=1S/C16H15ClFNO2/c17-13-7-5-11(6-8-13)15(20)9-16(21)19-10-12-3-1-2-4-14(12)18/h1-8,15,20H,9-10H2,(H,19,21). The molecule has 0 heterocycles. The van der Waals surface area contributed by atoms with Gasteiger partial charge < -0.3 is 10.4 Å². The molecule has 0 aliphatic heterocycles. The third-order valence-corrected chi connectivity index (χ3v) is 3.32. The molecule has 0 saturated heterocycles. The minimum atomic E-state index is -0.914. The molecule has 1 amide bonds. The Hall–Kier alpha value is -1.91. The quantitative estimate of drug-likeness (QED) is 0.891. The molecule has 2 aromatic rings. The lowest BCUT2D eigenvalue weighted by molar-refractivity contribution is -0.123. The third-order valence-electron chi connectivity index (χ3n) is 3.07. The van der Waals surface area contributed by atoms with Crippen LogP contribution in [0.1, 0.15) is 23.7 Å². The maximum atomic E-state index is 13.4. The minimum Gasteiger partial charge on any atom is -0.388 e. The Kier molecular flexibility index (Phi) is 5.31. The predicted molar refractivity (Wildman–Crippen MR) is 79.3 cm³/mol. The second-order valence-corrected chi connectivity index (χ2v) is 5.08. The summed E-state index contributed by atoms with van der Waals surface area (Å²) in [5, 5.41) is 13.1. The van der Waals surface area contributed by atoms with Crippen molar-refractivity contribution >= 4 is 17.5 Å². The highest BCUT2D eigenvalue weighted by Crippen LogP contribution is 2.19. The van der Waals surface area contributed by atoms with Gasteiger partial charge in [-0.3, -0.25) is 4.79 Å². The highest BCUT2D eigenvalue weighted by molar-refractivity contribution is 6.30. The zero-order valence-electron chi connectivity index (χ0n) is 11.2. The molecular weight excluding hydrogens is 293 g/mol. The summed E-state index contributed by atoms with van der Waals surface area (Å²) in [5.74, 6) is -0.711. The van der Waals surface area contributed by atoms with E-state index in [0.717, 1.165) is 0 Å². The molecule has 1 unspecified atom stereocenters. The summed E-state index contributed by atoms with van der Waals surface area (Å²) in [4.78, 5) is 11.8. The second-order valence-electron chi connectivity index (χ2n) is 4.64. The van der Waals surface area contributed by atoms with E-state index in [1.165, 1.54) is 6.07 Å². The van der Waals surface area contributed by atoms with Crippen molar-refractivity contribution < 1.29 is 14.3 Å². The van der Waals surface area contributed by atoms with Crippen molar-refractivity contribution in [1.82, 2.24) is 5.32 Å². The monoisotopic (exact) mass is 307 g/mol. The third kappa shape index (κ3) is 4.55. The van der Waals surface area contributed by atoms with E-state index < -0.39 is 6.10 Å². The number of aliphatic hydroxyl groups excluding tert-OH is 1. The first kappa shape index (κ1) is 15.5. The molecule has 0 spiro atoms. The van der Waals surface area contributed by atoms with E-state index in [2.05, 4.69) is 5.32 Å². The van der Waals surface area contributed by atoms with Gasteiger partial charge in [0, 0.05) is 17.1 Å². The van der Waals surface area contributed by atoms with Crippen molar-refractivity contribution in [3.8, 4) is 0 Å². The Morgan fingerprint density at radius 2 is 1.86 bits per heavy atom. The largest absolute Gasteiger partial charge is 0.388 e. The molecule has 0 radical (unpaired) electrons. The van der Waals surface area contributed by atoms with Crippen molar-refractivity contribution in [1.29, 1.82) is 0 Å². The van der Waals surface area contributed by atoms with Crippen LogP contribution >= 0.6 is 11.6 Å². The van der Waals surface area contributed by atoms with E-state index in [4.69, 9.17) is 11.6 Å². The van der Waals surface area contributed by atoms with Crippen molar-refractivity contribution in [2.24, 2.45) is 0 Å². The number of benzene rings is 2. The van der Waals surface area contributed by atoms with Crippen LogP contribution in [0.5, 0.6) is 0 Å². The van der Waals surface area contributed by atoms with Crippen LogP contribution in [0.25, 0.3) is 0 Å². The summed E-state index contributed by atoms with van der Waals surface area (Å²) in [5.41, 5.74) is 1.02. The average Bonchev–Trinajstić information content (AvgIpc) is 2.47. The van der Waals surface area contributed by atoms with Crippen molar-refractivity contribution in [3.05, 3.63) is 70.5 Å². The number of carbonyl (C=O) groups excluding carboxylic acids is 1. The molecule has 0 saturated carbocycles. The Morgan fingerprint density at radius 3 is 2.52 bits per heavy atom. The van der Waals surface area contributed by atoms with E-state index in [0.29, 0.717) is 16.1 Å². The molecule has 0 aromatic heterocycles. The first-order chi connectivity index (χ1) is 10.1. The molecule has 0 aliphatic carbocycles. The molecule has 110 valence electrons. The molecule has 2 aromatic carbocycles. The van der Waals surface area contributed by atoms with E-state index in [-0.39, 0.29) is 24.7 Å². The number of aliphatic hydroxyl groups is 1. The van der Waals surface area contributed by atoms with Gasteiger partial charge in [0.05, 0.1) is 12.5 Å².